The Kier molecular flexibility index (Phi) is 4.19. The van der Waals surface area contributed by atoms with E-state index in [2.05, 4.69) is 10.7 Å². The van der Waals surface area contributed by atoms with Crippen LogP contribution in [0.15, 0.2) is 36.0 Å². The van der Waals surface area contributed by atoms with Crippen molar-refractivity contribution in [2.45, 2.75) is 24.9 Å². The van der Waals surface area contributed by atoms with Gasteiger partial charge in [-0.3, -0.25) is 14.6 Å². The van der Waals surface area contributed by atoms with Crippen LogP contribution < -0.4 is 21.2 Å². The van der Waals surface area contributed by atoms with E-state index in [1.54, 1.807) is 25.2 Å². The van der Waals surface area contributed by atoms with Crippen LogP contribution in [0.5, 0.6) is 5.75 Å². The maximum Gasteiger partial charge on any atom is 0.268 e. The molecule has 24 heavy (non-hydrogen) atoms. The highest BCUT2D eigenvalue weighted by Gasteiger charge is 2.53. The van der Waals surface area contributed by atoms with Crippen molar-refractivity contribution in [1.29, 1.82) is 0 Å². The number of ether oxygens (including phenoxy) is 1. The molecule has 128 valence electrons. The van der Waals surface area contributed by atoms with Crippen LogP contribution in [-0.2, 0) is 16.1 Å². The van der Waals surface area contributed by atoms with Crippen LogP contribution in [0.3, 0.4) is 0 Å². The predicted molar refractivity (Wildman–Crippen MR) is 88.5 cm³/mol. The maximum absolute atomic E-state index is 12.3. The standard InChI is InChI=1S/C17H22N4O3/c1-19-15(22)14-9-17(16(18)23,12-6-7-12)20-21(14)10-11-4-3-5-13(8-11)24-2/h3-5,8-9,12,20H,6-7,10H2,1-2H3,(H2,18,23)(H,19,22). The van der Waals surface area contributed by atoms with Gasteiger partial charge in [0.25, 0.3) is 5.91 Å². The van der Waals surface area contributed by atoms with Crippen molar-refractivity contribution in [1.82, 2.24) is 15.8 Å². The molecule has 0 bridgehead atoms. The Hall–Kier alpha value is -2.54. The molecule has 1 unspecified atom stereocenters. The fraction of sp³-hybridized carbons (Fsp3) is 0.412. The van der Waals surface area contributed by atoms with Crippen LogP contribution in [0, 0.1) is 5.92 Å². The molecule has 4 N–H and O–H groups in total. The summed E-state index contributed by atoms with van der Waals surface area (Å²) in [6.45, 7) is 0.415. The van der Waals surface area contributed by atoms with E-state index in [0.717, 1.165) is 24.2 Å². The van der Waals surface area contributed by atoms with Crippen molar-refractivity contribution in [2.24, 2.45) is 11.7 Å². The smallest absolute Gasteiger partial charge is 0.268 e. The van der Waals surface area contributed by atoms with E-state index in [1.807, 2.05) is 24.3 Å². The number of carbonyl (C=O) groups excluding carboxylic acids is 2. The van der Waals surface area contributed by atoms with E-state index in [4.69, 9.17) is 10.5 Å². The highest BCUT2D eigenvalue weighted by atomic mass is 16.5. The molecule has 0 aromatic heterocycles. The summed E-state index contributed by atoms with van der Waals surface area (Å²) in [7, 11) is 3.17. The lowest BCUT2D eigenvalue weighted by molar-refractivity contribution is -0.125. The van der Waals surface area contributed by atoms with Gasteiger partial charge in [-0.1, -0.05) is 12.1 Å². The van der Waals surface area contributed by atoms with Gasteiger partial charge >= 0.3 is 0 Å². The van der Waals surface area contributed by atoms with Crippen LogP contribution in [0.2, 0.25) is 0 Å². The maximum atomic E-state index is 12.3. The average Bonchev–Trinajstić information content (AvgIpc) is 3.37. The number of hydrogen-bond acceptors (Lipinski definition) is 5. The normalized spacial score (nSPS) is 22.9. The fourth-order valence-electron chi connectivity index (χ4n) is 3.08. The topological polar surface area (TPSA) is 96.7 Å². The van der Waals surface area contributed by atoms with E-state index in [9.17, 15) is 9.59 Å². The van der Waals surface area contributed by atoms with Gasteiger partial charge in [0.2, 0.25) is 5.91 Å². The van der Waals surface area contributed by atoms with Crippen molar-refractivity contribution in [3.63, 3.8) is 0 Å². The number of methoxy groups -OCH3 is 1. The van der Waals surface area contributed by atoms with Gasteiger partial charge in [-0.2, -0.15) is 0 Å². The van der Waals surface area contributed by atoms with Crippen molar-refractivity contribution < 1.29 is 14.3 Å². The lowest BCUT2D eigenvalue weighted by Gasteiger charge is -2.29. The van der Waals surface area contributed by atoms with Gasteiger partial charge in [-0.25, -0.2) is 5.43 Å². The molecule has 2 aliphatic rings. The monoisotopic (exact) mass is 330 g/mol. The van der Waals surface area contributed by atoms with Crippen molar-refractivity contribution in [3.05, 3.63) is 41.6 Å². The third-order valence-electron chi connectivity index (χ3n) is 4.54. The Balaban J connectivity index is 1.90. The molecule has 0 saturated heterocycles. The number of hydrogen-bond donors (Lipinski definition) is 3. The van der Waals surface area contributed by atoms with Gasteiger partial charge < -0.3 is 15.8 Å². The largest absolute Gasteiger partial charge is 0.497 e. The summed E-state index contributed by atoms with van der Waals surface area (Å²) in [4.78, 5) is 24.4. The molecule has 1 atom stereocenters. The predicted octanol–water partition coefficient (Wildman–Crippen LogP) is 0.279. The molecule has 1 aliphatic carbocycles. The second kappa shape index (κ2) is 6.16. The lowest BCUT2D eigenvalue weighted by atomic mass is 9.93. The van der Waals surface area contributed by atoms with Gasteiger partial charge in [0.15, 0.2) is 0 Å². The number of likely N-dealkylation sites (N-methyl/N-ethyl adjacent to an activating group) is 1. The Morgan fingerprint density at radius 3 is 2.79 bits per heavy atom. The zero-order chi connectivity index (χ0) is 17.3. The molecule has 1 aromatic rings. The number of nitrogens with one attached hydrogen (secondary N) is 2. The summed E-state index contributed by atoms with van der Waals surface area (Å²) >= 11 is 0. The minimum absolute atomic E-state index is 0.130. The summed E-state index contributed by atoms with van der Waals surface area (Å²) < 4.78 is 5.24. The van der Waals surface area contributed by atoms with E-state index < -0.39 is 11.4 Å². The highest BCUT2D eigenvalue weighted by molar-refractivity contribution is 5.97. The average molecular weight is 330 g/mol. The number of primary amides is 1. The first-order valence-electron chi connectivity index (χ1n) is 7.93. The van der Waals surface area contributed by atoms with E-state index in [1.165, 1.54) is 0 Å². The number of carbonyl (C=O) groups is 2. The molecule has 1 saturated carbocycles. The van der Waals surface area contributed by atoms with Crippen LogP contribution >= 0.6 is 0 Å². The minimum Gasteiger partial charge on any atom is -0.497 e. The number of rotatable bonds is 6. The second-order valence-corrected chi connectivity index (χ2v) is 6.17. The molecule has 1 aromatic carbocycles. The zero-order valence-electron chi connectivity index (χ0n) is 13.8. The van der Waals surface area contributed by atoms with Crippen molar-refractivity contribution in [2.75, 3.05) is 14.2 Å². The third kappa shape index (κ3) is 2.82. The first-order chi connectivity index (χ1) is 11.5. The lowest BCUT2D eigenvalue weighted by Crippen LogP contribution is -2.57. The molecular weight excluding hydrogens is 308 g/mol. The Bertz CT molecular complexity index is 699. The summed E-state index contributed by atoms with van der Waals surface area (Å²) in [5.41, 5.74) is 9.21. The van der Waals surface area contributed by atoms with Crippen LogP contribution in [0.25, 0.3) is 0 Å². The van der Waals surface area contributed by atoms with Gasteiger partial charge in [0.05, 0.1) is 13.7 Å². The number of hydrazine groups is 1. The van der Waals surface area contributed by atoms with Gasteiger partial charge in [-0.05, 0) is 42.5 Å². The number of benzene rings is 1. The summed E-state index contributed by atoms with van der Waals surface area (Å²) in [6, 6.07) is 7.57. The number of nitrogens with zero attached hydrogens (tertiary/aromatic N) is 1. The first-order valence-corrected chi connectivity index (χ1v) is 7.93. The molecule has 2 amide bonds. The quantitative estimate of drug-likeness (QED) is 0.696. The van der Waals surface area contributed by atoms with Gasteiger partial charge in [0.1, 0.15) is 17.0 Å². The molecule has 7 heteroatoms. The number of amides is 2. The van der Waals surface area contributed by atoms with Crippen LogP contribution in [0.1, 0.15) is 18.4 Å². The van der Waals surface area contributed by atoms with E-state index in [0.29, 0.717) is 12.2 Å². The Morgan fingerprint density at radius 1 is 1.46 bits per heavy atom. The van der Waals surface area contributed by atoms with E-state index >= 15 is 0 Å². The summed E-state index contributed by atoms with van der Waals surface area (Å²) in [5.74, 6) is 0.152. The molecule has 1 aliphatic heterocycles. The van der Waals surface area contributed by atoms with Crippen LogP contribution in [-0.4, -0.2) is 36.5 Å². The number of nitrogens with two attached hydrogens (primary N) is 1. The van der Waals surface area contributed by atoms with Crippen molar-refractivity contribution in [3.8, 4) is 5.75 Å². The second-order valence-electron chi connectivity index (χ2n) is 6.17. The third-order valence-corrected chi connectivity index (χ3v) is 4.54. The molecule has 0 radical (unpaired) electrons. The van der Waals surface area contributed by atoms with E-state index in [-0.39, 0.29) is 11.8 Å². The minimum atomic E-state index is -0.985. The molecule has 3 rings (SSSR count). The SMILES string of the molecule is CNC(=O)C1=CC(C(N)=O)(C2CC2)NN1Cc1cccc(OC)c1. The van der Waals surface area contributed by atoms with Crippen molar-refractivity contribution >= 4 is 11.8 Å². The highest BCUT2D eigenvalue weighted by Crippen LogP contribution is 2.44. The zero-order valence-corrected chi connectivity index (χ0v) is 13.8. The summed E-state index contributed by atoms with van der Waals surface area (Å²) in [6.07, 6.45) is 3.51. The van der Waals surface area contributed by atoms with Gasteiger partial charge in [0, 0.05) is 7.05 Å². The van der Waals surface area contributed by atoms with Crippen LogP contribution in [0.4, 0.5) is 0 Å². The summed E-state index contributed by atoms with van der Waals surface area (Å²) in [5, 5.41) is 4.31. The molecule has 1 heterocycles. The van der Waals surface area contributed by atoms with Gasteiger partial charge in [-0.15, -0.1) is 0 Å². The first kappa shape index (κ1) is 16.3. The molecule has 1 fully saturated rings. The molecular formula is C17H22N4O3. The Labute approximate surface area is 140 Å². The fourth-order valence-corrected chi connectivity index (χ4v) is 3.08. The molecule has 7 nitrogen and oxygen atoms in total. The molecule has 0 spiro atoms. The Morgan fingerprint density at radius 2 is 2.21 bits per heavy atom.